The summed E-state index contributed by atoms with van der Waals surface area (Å²) in [6.07, 6.45) is 2.31. The van der Waals surface area contributed by atoms with Gasteiger partial charge < -0.3 is 30.2 Å². The van der Waals surface area contributed by atoms with Gasteiger partial charge in [0, 0.05) is 43.1 Å². The van der Waals surface area contributed by atoms with Crippen LogP contribution in [0.2, 0.25) is 0 Å². The highest BCUT2D eigenvalue weighted by atomic mass is 16.5. The third kappa shape index (κ3) is 5.59. The van der Waals surface area contributed by atoms with Gasteiger partial charge in [0.2, 0.25) is 0 Å². The van der Waals surface area contributed by atoms with Gasteiger partial charge in [0.1, 0.15) is 17.8 Å². The first kappa shape index (κ1) is 24.8. The number of ether oxygens (including phenoxy) is 3. The largest absolute Gasteiger partial charge is 0.497 e. The van der Waals surface area contributed by atoms with Crippen LogP contribution in [0.25, 0.3) is 0 Å². The van der Waals surface area contributed by atoms with E-state index in [-0.39, 0.29) is 18.3 Å². The summed E-state index contributed by atoms with van der Waals surface area (Å²) in [5, 5.41) is 17.4. The number of fused-ring (bicyclic) bond motifs is 1. The van der Waals surface area contributed by atoms with E-state index in [9.17, 15) is 4.79 Å². The summed E-state index contributed by atoms with van der Waals surface area (Å²) in [5.74, 6) is 1.86. The van der Waals surface area contributed by atoms with Crippen molar-refractivity contribution in [2.45, 2.75) is 50.7 Å². The molecule has 0 spiro atoms. The summed E-state index contributed by atoms with van der Waals surface area (Å²) < 4.78 is 16.8. The van der Waals surface area contributed by atoms with Crippen molar-refractivity contribution in [2.75, 3.05) is 44.5 Å². The molecule has 1 amide bonds. The lowest BCUT2D eigenvalue weighted by atomic mass is 9.87. The van der Waals surface area contributed by atoms with Crippen LogP contribution >= 0.6 is 0 Å². The number of carbonyl (C=O) groups is 1. The van der Waals surface area contributed by atoms with E-state index >= 15 is 0 Å². The number of nitrogens with one attached hydrogen (secondary N) is 5. The molecule has 0 radical (unpaired) electrons. The molecule has 5 unspecified atom stereocenters. The van der Waals surface area contributed by atoms with Crippen molar-refractivity contribution < 1.29 is 19.0 Å². The van der Waals surface area contributed by atoms with Gasteiger partial charge in [0.05, 0.1) is 13.2 Å². The van der Waals surface area contributed by atoms with Gasteiger partial charge in [-0.3, -0.25) is 15.4 Å². The molecule has 2 fully saturated rings. The molecule has 0 aliphatic carbocycles. The molecule has 3 aliphatic heterocycles. The van der Waals surface area contributed by atoms with Gasteiger partial charge in [-0.1, -0.05) is 6.07 Å². The summed E-state index contributed by atoms with van der Waals surface area (Å²) >= 11 is 0. The quantitative estimate of drug-likeness (QED) is 0.398. The zero-order valence-corrected chi connectivity index (χ0v) is 21.2. The summed E-state index contributed by atoms with van der Waals surface area (Å²) in [5.41, 5.74) is 3.79. The predicted octanol–water partition coefficient (Wildman–Crippen LogP) is 2.22. The summed E-state index contributed by atoms with van der Waals surface area (Å²) in [6.45, 7) is 4.92. The molecule has 5 rings (SSSR count). The number of anilines is 2. The first-order valence-corrected chi connectivity index (χ1v) is 12.8. The molecule has 194 valence electrons. The van der Waals surface area contributed by atoms with Crippen molar-refractivity contribution in [3.8, 4) is 11.5 Å². The maximum Gasteiger partial charge on any atom is 0.265 e. The Labute approximate surface area is 212 Å². The zero-order chi connectivity index (χ0) is 25.1. The van der Waals surface area contributed by atoms with E-state index < -0.39 is 6.10 Å². The molecule has 3 aliphatic rings. The van der Waals surface area contributed by atoms with Crippen LogP contribution < -0.4 is 36.1 Å². The van der Waals surface area contributed by atoms with Crippen molar-refractivity contribution in [1.29, 1.82) is 0 Å². The Morgan fingerprint density at radius 2 is 2.03 bits per heavy atom. The standard InChI is InChI=1S/C27H37N5O4/c1-16-4-5-19(30-26(33)25-12-17-10-20(34-2)6-7-24(17)36-25)13-23(16)32-27-29-9-8-22(31-27)18-11-21(35-3)15-28-14-18/h4-7,10,13,18,21-22,25,27-29,31-32H,8-9,11-12,14-15H2,1-3H3,(H,30,33). The Kier molecular flexibility index (Phi) is 7.62. The second kappa shape index (κ2) is 11.0. The van der Waals surface area contributed by atoms with E-state index in [1.807, 2.05) is 36.4 Å². The molecule has 2 aromatic rings. The molecule has 3 heterocycles. The average molecular weight is 496 g/mol. The van der Waals surface area contributed by atoms with Gasteiger partial charge in [-0.05, 0) is 74.7 Å². The average Bonchev–Trinajstić information content (AvgIpc) is 3.34. The van der Waals surface area contributed by atoms with Crippen LogP contribution in [0.3, 0.4) is 0 Å². The number of piperidine rings is 1. The fourth-order valence-electron chi connectivity index (χ4n) is 5.36. The van der Waals surface area contributed by atoms with E-state index in [0.29, 0.717) is 18.4 Å². The molecule has 0 aromatic heterocycles. The third-order valence-corrected chi connectivity index (χ3v) is 7.47. The van der Waals surface area contributed by atoms with E-state index in [2.05, 4.69) is 33.5 Å². The van der Waals surface area contributed by atoms with Gasteiger partial charge >= 0.3 is 0 Å². The summed E-state index contributed by atoms with van der Waals surface area (Å²) in [4.78, 5) is 13.0. The number of hydrogen-bond donors (Lipinski definition) is 5. The molecular weight excluding hydrogens is 458 g/mol. The Hall–Kier alpha value is -2.85. The molecule has 0 bridgehead atoms. The zero-order valence-electron chi connectivity index (χ0n) is 21.2. The lowest BCUT2D eigenvalue weighted by molar-refractivity contribution is -0.122. The van der Waals surface area contributed by atoms with E-state index in [1.54, 1.807) is 14.2 Å². The number of amides is 1. The van der Waals surface area contributed by atoms with Gasteiger partial charge in [0.25, 0.3) is 5.91 Å². The van der Waals surface area contributed by atoms with Crippen LogP contribution in [0, 0.1) is 12.8 Å². The van der Waals surface area contributed by atoms with Crippen LogP contribution in [0.5, 0.6) is 11.5 Å². The van der Waals surface area contributed by atoms with Crippen molar-refractivity contribution >= 4 is 17.3 Å². The number of aryl methyl sites for hydroxylation is 1. The minimum Gasteiger partial charge on any atom is -0.497 e. The monoisotopic (exact) mass is 495 g/mol. The minimum atomic E-state index is -0.563. The van der Waals surface area contributed by atoms with Gasteiger partial charge in [0.15, 0.2) is 6.10 Å². The second-order valence-electron chi connectivity index (χ2n) is 9.91. The van der Waals surface area contributed by atoms with Crippen LogP contribution in [0.1, 0.15) is 24.0 Å². The molecule has 9 nitrogen and oxygen atoms in total. The molecule has 36 heavy (non-hydrogen) atoms. The topological polar surface area (TPSA) is 105 Å². The second-order valence-corrected chi connectivity index (χ2v) is 9.91. The van der Waals surface area contributed by atoms with Gasteiger partial charge in [-0.15, -0.1) is 0 Å². The van der Waals surface area contributed by atoms with Crippen LogP contribution in [-0.4, -0.2) is 64.3 Å². The van der Waals surface area contributed by atoms with Crippen molar-refractivity contribution in [3.05, 3.63) is 47.5 Å². The molecule has 0 saturated carbocycles. The first-order valence-electron chi connectivity index (χ1n) is 12.8. The van der Waals surface area contributed by atoms with Crippen LogP contribution in [-0.2, 0) is 16.0 Å². The van der Waals surface area contributed by atoms with E-state index in [1.165, 1.54) is 0 Å². The smallest absolute Gasteiger partial charge is 0.265 e. The van der Waals surface area contributed by atoms with E-state index in [4.69, 9.17) is 14.2 Å². The maximum atomic E-state index is 13.0. The number of carbonyl (C=O) groups excluding carboxylic acids is 1. The highest BCUT2D eigenvalue weighted by molar-refractivity contribution is 5.95. The number of hydrogen-bond acceptors (Lipinski definition) is 8. The van der Waals surface area contributed by atoms with E-state index in [0.717, 1.165) is 66.5 Å². The Morgan fingerprint density at radius 1 is 1.14 bits per heavy atom. The number of methoxy groups -OCH3 is 2. The normalized spacial score (nSPS) is 27.6. The van der Waals surface area contributed by atoms with Crippen molar-refractivity contribution in [3.63, 3.8) is 0 Å². The first-order chi connectivity index (χ1) is 17.5. The Morgan fingerprint density at radius 3 is 2.86 bits per heavy atom. The Bertz CT molecular complexity index is 1080. The van der Waals surface area contributed by atoms with Crippen molar-refractivity contribution in [1.82, 2.24) is 16.0 Å². The molecule has 2 aromatic carbocycles. The van der Waals surface area contributed by atoms with Crippen LogP contribution in [0.15, 0.2) is 36.4 Å². The predicted molar refractivity (Wildman–Crippen MR) is 140 cm³/mol. The number of rotatable bonds is 7. The summed E-state index contributed by atoms with van der Waals surface area (Å²) in [7, 11) is 3.42. The SMILES string of the molecule is COc1ccc2c(c1)CC(C(=O)Nc1ccc(C)c(NC3NCCC(C4CNCC(OC)C4)N3)c1)O2. The molecule has 2 saturated heterocycles. The third-order valence-electron chi connectivity index (χ3n) is 7.47. The fourth-order valence-corrected chi connectivity index (χ4v) is 5.36. The van der Waals surface area contributed by atoms with Gasteiger partial charge in [-0.25, -0.2) is 0 Å². The minimum absolute atomic E-state index is 0.0565. The Balaban J connectivity index is 1.19. The number of benzene rings is 2. The molecular formula is C27H37N5O4. The fraction of sp³-hybridized carbons (Fsp3) is 0.519. The highest BCUT2D eigenvalue weighted by Gasteiger charge is 2.32. The van der Waals surface area contributed by atoms with Crippen molar-refractivity contribution in [2.24, 2.45) is 5.92 Å². The molecule has 5 atom stereocenters. The summed E-state index contributed by atoms with van der Waals surface area (Å²) in [6, 6.07) is 11.9. The van der Waals surface area contributed by atoms with Gasteiger partial charge in [-0.2, -0.15) is 0 Å². The lowest BCUT2D eigenvalue weighted by Crippen LogP contribution is -2.61. The molecule has 9 heteroatoms. The van der Waals surface area contributed by atoms with Crippen LogP contribution in [0.4, 0.5) is 11.4 Å². The maximum absolute atomic E-state index is 13.0. The highest BCUT2D eigenvalue weighted by Crippen LogP contribution is 2.32. The lowest BCUT2D eigenvalue weighted by Gasteiger charge is -2.40. The molecule has 5 N–H and O–H groups in total.